The van der Waals surface area contributed by atoms with Gasteiger partial charge in [-0.25, -0.2) is 18.4 Å². The van der Waals surface area contributed by atoms with Gasteiger partial charge < -0.3 is 10.3 Å². The molecular formula is C20H26N4O2S. The van der Waals surface area contributed by atoms with E-state index in [0.29, 0.717) is 17.1 Å². The molecule has 0 fully saturated rings. The summed E-state index contributed by atoms with van der Waals surface area (Å²) in [4.78, 5) is 9.25. The molecule has 2 N–H and O–H groups in total. The van der Waals surface area contributed by atoms with Crippen LogP contribution in [0.2, 0.25) is 0 Å². The van der Waals surface area contributed by atoms with Crippen molar-refractivity contribution in [1.29, 1.82) is 0 Å². The Bertz CT molecular complexity index is 1030. The molecule has 0 saturated carbocycles. The van der Waals surface area contributed by atoms with Gasteiger partial charge in [-0.05, 0) is 37.5 Å². The van der Waals surface area contributed by atoms with Gasteiger partial charge in [0, 0.05) is 19.2 Å². The number of nitrogens with two attached hydrogens (primary N) is 1. The number of imidazole rings is 1. The summed E-state index contributed by atoms with van der Waals surface area (Å²) in [5, 5.41) is 0. The van der Waals surface area contributed by atoms with Gasteiger partial charge in [-0.3, -0.25) is 0 Å². The van der Waals surface area contributed by atoms with Crippen LogP contribution >= 0.6 is 0 Å². The van der Waals surface area contributed by atoms with Crippen LogP contribution in [0.5, 0.6) is 0 Å². The first kappa shape index (κ1) is 19.4. The number of nitrogens with zero attached hydrogens (tertiary/aromatic N) is 3. The first-order valence-electron chi connectivity index (χ1n) is 9.32. The standard InChI is InChI=1S/C20H26N4O2S/c1-3-17-23-18-19(15(2)14-22-20(18)21)24(17)12-8-5-9-13-27(25,26)16-10-6-4-7-11-16/h4,6-7,10-11,14H,3,5,8-9,12-13H2,1-2H3,(H2,21,22). The van der Waals surface area contributed by atoms with Gasteiger partial charge in [0.2, 0.25) is 0 Å². The fourth-order valence-electron chi connectivity index (χ4n) is 3.36. The van der Waals surface area contributed by atoms with E-state index in [2.05, 4.69) is 21.5 Å². The third-order valence-corrected chi connectivity index (χ3v) is 6.59. The highest BCUT2D eigenvalue weighted by Crippen LogP contribution is 2.24. The summed E-state index contributed by atoms with van der Waals surface area (Å²) in [5.74, 6) is 1.63. The lowest BCUT2D eigenvalue weighted by Gasteiger charge is -2.10. The Hall–Kier alpha value is -2.41. The quantitative estimate of drug-likeness (QED) is 0.598. The van der Waals surface area contributed by atoms with Crippen molar-refractivity contribution >= 4 is 26.7 Å². The van der Waals surface area contributed by atoms with Crippen molar-refractivity contribution in [3.8, 4) is 0 Å². The van der Waals surface area contributed by atoms with Gasteiger partial charge in [0.15, 0.2) is 15.7 Å². The Kier molecular flexibility index (Phi) is 5.79. The minimum atomic E-state index is -3.20. The number of anilines is 1. The molecule has 0 saturated heterocycles. The van der Waals surface area contributed by atoms with Crippen LogP contribution in [0.15, 0.2) is 41.4 Å². The lowest BCUT2D eigenvalue weighted by Crippen LogP contribution is -2.08. The second-order valence-corrected chi connectivity index (χ2v) is 8.86. The van der Waals surface area contributed by atoms with Crippen molar-refractivity contribution in [3.63, 3.8) is 0 Å². The van der Waals surface area contributed by atoms with Crippen molar-refractivity contribution in [2.75, 3.05) is 11.5 Å². The first-order valence-corrected chi connectivity index (χ1v) is 11.0. The van der Waals surface area contributed by atoms with E-state index in [1.54, 1.807) is 30.5 Å². The van der Waals surface area contributed by atoms with Gasteiger partial charge >= 0.3 is 0 Å². The average Bonchev–Trinajstić information content (AvgIpc) is 3.05. The average molecular weight is 387 g/mol. The van der Waals surface area contributed by atoms with Crippen LogP contribution in [0.25, 0.3) is 11.0 Å². The van der Waals surface area contributed by atoms with Crippen LogP contribution in [-0.4, -0.2) is 28.7 Å². The zero-order chi connectivity index (χ0) is 19.4. The maximum absolute atomic E-state index is 12.3. The summed E-state index contributed by atoms with van der Waals surface area (Å²) in [6, 6.07) is 8.64. The Morgan fingerprint density at radius 1 is 1.11 bits per heavy atom. The SMILES string of the molecule is CCc1nc2c(N)ncc(C)c2n1CCCCCS(=O)(=O)c1ccccc1. The highest BCUT2D eigenvalue weighted by Gasteiger charge is 2.15. The molecule has 0 unspecified atom stereocenters. The fraction of sp³-hybridized carbons (Fsp3) is 0.400. The molecule has 2 heterocycles. The number of fused-ring (bicyclic) bond motifs is 1. The van der Waals surface area contributed by atoms with Gasteiger partial charge in [0.25, 0.3) is 0 Å². The zero-order valence-corrected chi connectivity index (χ0v) is 16.7. The minimum Gasteiger partial charge on any atom is -0.382 e. The number of benzene rings is 1. The normalized spacial score (nSPS) is 11.9. The van der Waals surface area contributed by atoms with Crippen LogP contribution in [-0.2, 0) is 22.8 Å². The number of hydrogen-bond donors (Lipinski definition) is 1. The zero-order valence-electron chi connectivity index (χ0n) is 15.9. The maximum Gasteiger partial charge on any atom is 0.178 e. The number of pyridine rings is 1. The molecule has 0 radical (unpaired) electrons. The summed E-state index contributed by atoms with van der Waals surface area (Å²) in [5.41, 5.74) is 8.84. The molecule has 0 aliphatic carbocycles. The van der Waals surface area contributed by atoms with E-state index in [0.717, 1.165) is 48.2 Å². The first-order chi connectivity index (χ1) is 12.9. The molecule has 0 aliphatic rings. The van der Waals surface area contributed by atoms with E-state index in [9.17, 15) is 8.42 Å². The molecule has 2 aromatic heterocycles. The lowest BCUT2D eigenvalue weighted by atomic mass is 10.2. The molecule has 3 aromatic rings. The molecule has 3 rings (SSSR count). The minimum absolute atomic E-state index is 0.179. The van der Waals surface area contributed by atoms with E-state index < -0.39 is 9.84 Å². The molecule has 0 spiro atoms. The fourth-order valence-corrected chi connectivity index (χ4v) is 4.75. The summed E-state index contributed by atoms with van der Waals surface area (Å²) in [6.45, 7) is 4.89. The number of rotatable bonds is 8. The van der Waals surface area contributed by atoms with Crippen LogP contribution in [0.4, 0.5) is 5.82 Å². The smallest absolute Gasteiger partial charge is 0.178 e. The van der Waals surface area contributed by atoms with Crippen molar-refractivity contribution in [2.45, 2.75) is 51.0 Å². The monoisotopic (exact) mass is 386 g/mol. The van der Waals surface area contributed by atoms with Gasteiger partial charge in [0.1, 0.15) is 11.3 Å². The number of nitrogen functional groups attached to an aromatic ring is 1. The maximum atomic E-state index is 12.3. The van der Waals surface area contributed by atoms with Crippen LogP contribution in [0, 0.1) is 6.92 Å². The Morgan fingerprint density at radius 3 is 2.56 bits per heavy atom. The van der Waals surface area contributed by atoms with E-state index >= 15 is 0 Å². The van der Waals surface area contributed by atoms with Gasteiger partial charge in [-0.15, -0.1) is 0 Å². The van der Waals surface area contributed by atoms with E-state index in [-0.39, 0.29) is 5.75 Å². The van der Waals surface area contributed by atoms with Gasteiger partial charge in [-0.1, -0.05) is 31.5 Å². The molecule has 0 aliphatic heterocycles. The predicted octanol–water partition coefficient (Wildman–Crippen LogP) is 3.53. The summed E-state index contributed by atoms with van der Waals surface area (Å²) < 4.78 is 26.9. The Morgan fingerprint density at radius 2 is 1.85 bits per heavy atom. The number of aromatic nitrogens is 3. The topological polar surface area (TPSA) is 90.9 Å². The third-order valence-electron chi connectivity index (χ3n) is 4.77. The summed E-state index contributed by atoms with van der Waals surface area (Å²) >= 11 is 0. The lowest BCUT2D eigenvalue weighted by molar-refractivity contribution is 0.574. The molecule has 0 bridgehead atoms. The Balaban J connectivity index is 1.64. The van der Waals surface area contributed by atoms with Crippen LogP contribution in [0.1, 0.15) is 37.6 Å². The second-order valence-electron chi connectivity index (χ2n) is 6.75. The highest BCUT2D eigenvalue weighted by molar-refractivity contribution is 7.91. The second kappa shape index (κ2) is 8.08. The molecule has 0 atom stereocenters. The van der Waals surface area contributed by atoms with Gasteiger partial charge in [0.05, 0.1) is 16.2 Å². The van der Waals surface area contributed by atoms with Gasteiger partial charge in [-0.2, -0.15) is 0 Å². The molecule has 27 heavy (non-hydrogen) atoms. The molecule has 0 amide bonds. The largest absolute Gasteiger partial charge is 0.382 e. The number of aryl methyl sites for hydroxylation is 3. The van der Waals surface area contributed by atoms with E-state index in [1.807, 2.05) is 13.0 Å². The Labute approximate surface area is 160 Å². The van der Waals surface area contributed by atoms with E-state index in [4.69, 9.17) is 5.73 Å². The predicted molar refractivity (Wildman–Crippen MR) is 108 cm³/mol. The van der Waals surface area contributed by atoms with Crippen molar-refractivity contribution < 1.29 is 8.42 Å². The van der Waals surface area contributed by atoms with Crippen molar-refractivity contribution in [2.24, 2.45) is 0 Å². The van der Waals surface area contributed by atoms with Crippen LogP contribution in [0.3, 0.4) is 0 Å². The third kappa shape index (κ3) is 4.13. The number of hydrogen-bond acceptors (Lipinski definition) is 5. The van der Waals surface area contributed by atoms with Crippen LogP contribution < -0.4 is 5.73 Å². The molecule has 7 heteroatoms. The highest BCUT2D eigenvalue weighted by atomic mass is 32.2. The summed E-state index contributed by atoms with van der Waals surface area (Å²) in [7, 11) is -3.20. The van der Waals surface area contributed by atoms with Crippen molar-refractivity contribution in [3.05, 3.63) is 47.9 Å². The molecular weight excluding hydrogens is 360 g/mol. The molecule has 144 valence electrons. The number of sulfone groups is 1. The molecule has 6 nitrogen and oxygen atoms in total. The van der Waals surface area contributed by atoms with Crippen molar-refractivity contribution in [1.82, 2.24) is 14.5 Å². The molecule has 1 aromatic carbocycles. The number of unbranched alkanes of at least 4 members (excludes halogenated alkanes) is 2. The summed E-state index contributed by atoms with van der Waals surface area (Å²) in [6.07, 6.45) is 4.98. The van der Waals surface area contributed by atoms with E-state index in [1.165, 1.54) is 0 Å².